The Morgan fingerprint density at radius 3 is 2.61 bits per heavy atom. The number of carbonyl (C=O) groups is 1. The van der Waals surface area contributed by atoms with Crippen LogP contribution in [0.3, 0.4) is 0 Å². The molecule has 1 N–H and O–H groups in total. The van der Waals surface area contributed by atoms with Crippen LogP contribution in [0.15, 0.2) is 36.9 Å². The Balaban J connectivity index is 3.01. The number of amides is 1. The van der Waals surface area contributed by atoms with Crippen LogP contribution < -0.4 is 5.32 Å². The standard InChI is InChI=1S/C15H20FNO/c1-5-8-13(16)11-9-6-7-10-12(11)14(18)17-15(2,3)4/h5-7,9-10,13H,1,8H2,2-4H3,(H,17,18)/t13-/m0/s1. The molecule has 0 aliphatic carbocycles. The molecule has 0 spiro atoms. The van der Waals surface area contributed by atoms with E-state index in [1.165, 1.54) is 6.08 Å². The Labute approximate surface area is 108 Å². The monoisotopic (exact) mass is 249 g/mol. The van der Waals surface area contributed by atoms with E-state index in [2.05, 4.69) is 11.9 Å². The maximum Gasteiger partial charge on any atom is 0.252 e. The van der Waals surface area contributed by atoms with Gasteiger partial charge in [0, 0.05) is 17.5 Å². The van der Waals surface area contributed by atoms with Crippen molar-refractivity contribution in [1.29, 1.82) is 0 Å². The van der Waals surface area contributed by atoms with Gasteiger partial charge in [0.25, 0.3) is 5.91 Å². The van der Waals surface area contributed by atoms with E-state index >= 15 is 0 Å². The van der Waals surface area contributed by atoms with E-state index in [0.717, 1.165) is 0 Å². The van der Waals surface area contributed by atoms with Crippen LogP contribution in [0.2, 0.25) is 0 Å². The van der Waals surface area contributed by atoms with Crippen LogP contribution in [-0.4, -0.2) is 11.4 Å². The molecule has 0 aromatic heterocycles. The van der Waals surface area contributed by atoms with Gasteiger partial charge in [-0.3, -0.25) is 4.79 Å². The van der Waals surface area contributed by atoms with Gasteiger partial charge in [0.1, 0.15) is 6.17 Å². The lowest BCUT2D eigenvalue weighted by molar-refractivity contribution is 0.0916. The van der Waals surface area contributed by atoms with Gasteiger partial charge in [0.2, 0.25) is 0 Å². The first kappa shape index (κ1) is 14.4. The lowest BCUT2D eigenvalue weighted by atomic mass is 9.99. The highest BCUT2D eigenvalue weighted by Crippen LogP contribution is 2.25. The normalized spacial score (nSPS) is 12.9. The van der Waals surface area contributed by atoms with Gasteiger partial charge in [-0.2, -0.15) is 0 Å². The van der Waals surface area contributed by atoms with Crippen molar-refractivity contribution in [3.8, 4) is 0 Å². The molecule has 0 aliphatic heterocycles. The Hall–Kier alpha value is -1.64. The van der Waals surface area contributed by atoms with Crippen LogP contribution in [0.4, 0.5) is 4.39 Å². The summed E-state index contributed by atoms with van der Waals surface area (Å²) in [5, 5.41) is 2.84. The summed E-state index contributed by atoms with van der Waals surface area (Å²) in [7, 11) is 0. The van der Waals surface area contributed by atoms with Crippen molar-refractivity contribution in [1.82, 2.24) is 5.32 Å². The topological polar surface area (TPSA) is 29.1 Å². The lowest BCUT2D eigenvalue weighted by Gasteiger charge is -2.22. The van der Waals surface area contributed by atoms with E-state index in [9.17, 15) is 9.18 Å². The van der Waals surface area contributed by atoms with Gasteiger partial charge in [-0.1, -0.05) is 24.3 Å². The Bertz CT molecular complexity index is 434. The van der Waals surface area contributed by atoms with Crippen molar-refractivity contribution in [3.63, 3.8) is 0 Å². The molecule has 98 valence electrons. The lowest BCUT2D eigenvalue weighted by Crippen LogP contribution is -2.41. The van der Waals surface area contributed by atoms with Crippen molar-refractivity contribution in [3.05, 3.63) is 48.0 Å². The minimum Gasteiger partial charge on any atom is -0.347 e. The maximum absolute atomic E-state index is 13.9. The fourth-order valence-electron chi connectivity index (χ4n) is 1.66. The molecule has 0 unspecified atom stereocenters. The number of nitrogens with one attached hydrogen (secondary N) is 1. The van der Waals surface area contributed by atoms with E-state index in [0.29, 0.717) is 11.1 Å². The average Bonchev–Trinajstić information content (AvgIpc) is 2.27. The number of carbonyl (C=O) groups excluding carboxylic acids is 1. The minimum absolute atomic E-state index is 0.208. The summed E-state index contributed by atoms with van der Waals surface area (Å²) in [5.41, 5.74) is 0.468. The van der Waals surface area contributed by atoms with Crippen molar-refractivity contribution in [2.75, 3.05) is 0 Å². The van der Waals surface area contributed by atoms with Crippen molar-refractivity contribution < 1.29 is 9.18 Å². The molecule has 18 heavy (non-hydrogen) atoms. The second kappa shape index (κ2) is 5.80. The van der Waals surface area contributed by atoms with Crippen LogP contribution in [-0.2, 0) is 0 Å². The van der Waals surface area contributed by atoms with E-state index in [1.807, 2.05) is 20.8 Å². The number of alkyl halides is 1. The third-order valence-electron chi connectivity index (χ3n) is 2.41. The molecule has 0 radical (unpaired) electrons. The molecule has 0 aliphatic rings. The van der Waals surface area contributed by atoms with Crippen LogP contribution in [0.25, 0.3) is 0 Å². The molecule has 1 amide bonds. The number of halogens is 1. The Morgan fingerprint density at radius 1 is 1.44 bits per heavy atom. The molecule has 0 bridgehead atoms. The summed E-state index contributed by atoms with van der Waals surface area (Å²) >= 11 is 0. The molecule has 1 atom stereocenters. The Morgan fingerprint density at radius 2 is 2.06 bits per heavy atom. The molecule has 2 nitrogen and oxygen atoms in total. The van der Waals surface area contributed by atoms with Gasteiger partial charge >= 0.3 is 0 Å². The average molecular weight is 249 g/mol. The summed E-state index contributed by atoms with van der Waals surface area (Å²) in [6.07, 6.45) is 0.535. The van der Waals surface area contributed by atoms with Gasteiger partial charge in [-0.25, -0.2) is 4.39 Å². The Kier molecular flexibility index (Phi) is 4.65. The fraction of sp³-hybridized carbons (Fsp3) is 0.400. The van der Waals surface area contributed by atoms with Crippen LogP contribution in [0, 0.1) is 0 Å². The third kappa shape index (κ3) is 3.99. The summed E-state index contributed by atoms with van der Waals surface area (Å²) in [4.78, 5) is 12.1. The fourth-order valence-corrected chi connectivity index (χ4v) is 1.66. The molecule has 0 saturated carbocycles. The van der Waals surface area contributed by atoms with E-state index in [4.69, 9.17) is 0 Å². The zero-order valence-electron chi connectivity index (χ0n) is 11.2. The van der Waals surface area contributed by atoms with Crippen molar-refractivity contribution >= 4 is 5.91 Å². The highest BCUT2D eigenvalue weighted by atomic mass is 19.1. The summed E-state index contributed by atoms with van der Waals surface area (Å²) in [6, 6.07) is 6.76. The van der Waals surface area contributed by atoms with Gasteiger partial charge in [-0.05, 0) is 32.4 Å². The third-order valence-corrected chi connectivity index (χ3v) is 2.41. The molecular formula is C15H20FNO. The van der Waals surface area contributed by atoms with Gasteiger partial charge in [-0.15, -0.1) is 6.58 Å². The predicted molar refractivity (Wildman–Crippen MR) is 72.3 cm³/mol. The first-order valence-electron chi connectivity index (χ1n) is 6.01. The number of hydrogen-bond acceptors (Lipinski definition) is 1. The second-order valence-electron chi connectivity index (χ2n) is 5.28. The van der Waals surface area contributed by atoms with Crippen LogP contribution in [0.5, 0.6) is 0 Å². The zero-order chi connectivity index (χ0) is 13.8. The van der Waals surface area contributed by atoms with Crippen LogP contribution in [0.1, 0.15) is 49.3 Å². The largest absolute Gasteiger partial charge is 0.347 e. The second-order valence-corrected chi connectivity index (χ2v) is 5.28. The molecule has 3 heteroatoms. The van der Waals surface area contributed by atoms with E-state index in [-0.39, 0.29) is 17.9 Å². The first-order chi connectivity index (χ1) is 8.35. The summed E-state index contributed by atoms with van der Waals surface area (Å²) < 4.78 is 13.9. The number of allylic oxidation sites excluding steroid dienone is 1. The minimum atomic E-state index is -1.19. The predicted octanol–water partition coefficient (Wildman–Crippen LogP) is 3.80. The number of hydrogen-bond donors (Lipinski definition) is 1. The van der Waals surface area contributed by atoms with E-state index < -0.39 is 6.17 Å². The van der Waals surface area contributed by atoms with Crippen molar-refractivity contribution in [2.45, 2.75) is 38.9 Å². The number of rotatable bonds is 4. The molecular weight excluding hydrogens is 229 g/mol. The highest BCUT2D eigenvalue weighted by molar-refractivity contribution is 5.96. The molecule has 0 saturated heterocycles. The van der Waals surface area contributed by atoms with Gasteiger partial charge < -0.3 is 5.32 Å². The van der Waals surface area contributed by atoms with Crippen LogP contribution >= 0.6 is 0 Å². The quantitative estimate of drug-likeness (QED) is 0.808. The summed E-state index contributed by atoms with van der Waals surface area (Å²) in [5.74, 6) is -0.246. The molecule has 1 rings (SSSR count). The van der Waals surface area contributed by atoms with Gasteiger partial charge in [0.15, 0.2) is 0 Å². The maximum atomic E-state index is 13.9. The van der Waals surface area contributed by atoms with Gasteiger partial charge in [0.05, 0.1) is 0 Å². The SMILES string of the molecule is C=CC[C@H](F)c1ccccc1C(=O)NC(C)(C)C. The highest BCUT2D eigenvalue weighted by Gasteiger charge is 2.20. The molecule has 1 aromatic carbocycles. The number of benzene rings is 1. The molecule has 0 fully saturated rings. The molecule has 1 aromatic rings. The van der Waals surface area contributed by atoms with E-state index in [1.54, 1.807) is 24.3 Å². The molecule has 0 heterocycles. The zero-order valence-corrected chi connectivity index (χ0v) is 11.2. The first-order valence-corrected chi connectivity index (χ1v) is 6.01. The van der Waals surface area contributed by atoms with Crippen molar-refractivity contribution in [2.24, 2.45) is 0 Å². The smallest absolute Gasteiger partial charge is 0.252 e. The summed E-state index contributed by atoms with van der Waals surface area (Å²) in [6.45, 7) is 9.20.